The molecule has 25 aromatic rings. The van der Waals surface area contributed by atoms with Crippen molar-refractivity contribution >= 4 is 198 Å². The van der Waals surface area contributed by atoms with Gasteiger partial charge in [-0.25, -0.2) is 39.9 Å². The number of hydrogen-bond acceptors (Lipinski definition) is 9. The molecule has 0 saturated heterocycles. The van der Waals surface area contributed by atoms with E-state index in [-0.39, 0.29) is 26.5 Å². The molecule has 14 heteroatoms. The third kappa shape index (κ3) is 13.1. The van der Waals surface area contributed by atoms with Crippen molar-refractivity contribution in [3.8, 4) is 73.1 Å². The molecule has 19 aromatic carbocycles. The summed E-state index contributed by atoms with van der Waals surface area (Å²) in [7, 11) is 0. The molecule has 0 bridgehead atoms. The maximum Gasteiger partial charge on any atom is 0.223 e. The van der Waals surface area contributed by atoms with Crippen molar-refractivity contribution in [1.29, 1.82) is 0 Å². The van der Waals surface area contributed by atoms with E-state index >= 15 is 0 Å². The summed E-state index contributed by atoms with van der Waals surface area (Å²) in [5.74, 6) is 0. The third-order valence-corrected chi connectivity index (χ3v) is 25.8. The highest BCUT2D eigenvalue weighted by atomic mass is 35.5. The largest absolute Gasteiger partial charge is 0.309 e. The van der Waals surface area contributed by atoms with Crippen molar-refractivity contribution in [3.63, 3.8) is 0 Å². The van der Waals surface area contributed by atoms with Crippen LogP contribution >= 0.6 is 46.4 Å². The van der Waals surface area contributed by atoms with E-state index in [1.165, 1.54) is 76.4 Å². The van der Waals surface area contributed by atoms with Gasteiger partial charge in [0.1, 0.15) is 5.69 Å². The Hall–Kier alpha value is -15.3. The number of hydrogen-bond donors (Lipinski definition) is 0. The predicted octanol–water partition coefficient (Wildman–Crippen LogP) is 31.5. The zero-order chi connectivity index (χ0) is 85.8. The van der Waals surface area contributed by atoms with Gasteiger partial charge in [0.05, 0.1) is 55.9 Å². The standard InChI is InChI=1S/C34H20ClN3.C31H21ClN2.C28H17ClN2.C21H12ClN3/c35-34-36-32(31-26-15-6-4-12-23(26)24-13-5-7-16-27(24)33(31)37-34)21-18-19-30-28(20-21)25-14-8-9-17-29(25)38(30)22-10-2-1-3-11-22;1-31(2)25-14-8-7-11-21(25)22-16-15-18(17-26(22)31)28-27-23-12-5-3-9-19(23)20-10-4-6-13-24(20)29(27)34-30(32)33-28;29-28-30-26(20-12-8-11-19(17-20)18-9-2-1-3-10-18)25-23-15-6-4-13-21(23)22-14-5-7-16-24(22)27(25)31-28;22-21-24-19-16-10-4-2-8-14(16)13-7-1-3-9-15(13)18(19)20(25-21)17-11-5-6-12-23-17/h1-20H;3-17H,1-2H3;1-17H;1-12H. The van der Waals surface area contributed by atoms with Crippen molar-refractivity contribution in [2.75, 3.05) is 0 Å². The van der Waals surface area contributed by atoms with Crippen molar-refractivity contribution in [1.82, 2.24) is 49.4 Å². The Balaban J connectivity index is 0.0000000986. The fourth-order valence-corrected chi connectivity index (χ4v) is 20.3. The van der Waals surface area contributed by atoms with E-state index in [4.69, 9.17) is 71.3 Å². The minimum atomic E-state index is -0.0800. The van der Waals surface area contributed by atoms with Crippen molar-refractivity contribution < 1.29 is 0 Å². The number of pyridine rings is 1. The summed E-state index contributed by atoms with van der Waals surface area (Å²) in [6.45, 7) is 4.60. The fraction of sp³-hybridized carbons (Fsp3) is 0.0263. The number of rotatable bonds is 6. The first-order valence-corrected chi connectivity index (χ1v) is 43.9. The molecular formula is C114H70Cl4N10. The second-order valence-corrected chi connectivity index (χ2v) is 34.0. The van der Waals surface area contributed by atoms with E-state index in [1.807, 2.05) is 54.6 Å². The van der Waals surface area contributed by atoms with Gasteiger partial charge in [0.2, 0.25) is 21.1 Å². The normalized spacial score (nSPS) is 12.2. The summed E-state index contributed by atoms with van der Waals surface area (Å²) in [6.07, 6.45) is 1.76. The van der Waals surface area contributed by atoms with Gasteiger partial charge in [-0.2, -0.15) is 0 Å². The molecule has 6 heterocycles. The molecule has 0 unspecified atom stereocenters. The number of benzene rings is 19. The van der Waals surface area contributed by atoms with Gasteiger partial charge in [0, 0.05) is 87.9 Å². The van der Waals surface area contributed by atoms with E-state index in [2.05, 4.69) is 366 Å². The van der Waals surface area contributed by atoms with Crippen molar-refractivity contribution in [2.45, 2.75) is 19.3 Å². The van der Waals surface area contributed by atoms with Gasteiger partial charge < -0.3 is 4.57 Å². The third-order valence-electron chi connectivity index (χ3n) is 25.2. The first-order valence-electron chi connectivity index (χ1n) is 42.4. The summed E-state index contributed by atoms with van der Waals surface area (Å²) >= 11 is 25.9. The molecule has 0 N–H and O–H groups in total. The molecular weight excluding hydrogens is 1650 g/mol. The van der Waals surface area contributed by atoms with Crippen LogP contribution in [0.3, 0.4) is 0 Å². The average Bonchev–Trinajstić information content (AvgIpc) is 0.891. The Morgan fingerprint density at radius 2 is 0.547 bits per heavy atom. The molecule has 604 valence electrons. The highest BCUT2D eigenvalue weighted by Crippen LogP contribution is 2.52. The first-order chi connectivity index (χ1) is 62.9. The van der Waals surface area contributed by atoms with E-state index in [9.17, 15) is 0 Å². The van der Waals surface area contributed by atoms with E-state index in [0.29, 0.717) is 0 Å². The van der Waals surface area contributed by atoms with E-state index < -0.39 is 0 Å². The molecule has 0 fully saturated rings. The zero-order valence-electron chi connectivity index (χ0n) is 68.9. The highest BCUT2D eigenvalue weighted by molar-refractivity contribution is 6.35. The smallest absolute Gasteiger partial charge is 0.223 e. The molecule has 0 amide bonds. The predicted molar refractivity (Wildman–Crippen MR) is 535 cm³/mol. The van der Waals surface area contributed by atoms with Crippen LogP contribution in [0.1, 0.15) is 25.0 Å². The molecule has 0 spiro atoms. The number of nitrogens with zero attached hydrogens (tertiary/aromatic N) is 10. The number of aromatic nitrogens is 10. The summed E-state index contributed by atoms with van der Waals surface area (Å²) in [4.78, 5) is 42.1. The van der Waals surface area contributed by atoms with Gasteiger partial charge in [-0.15, -0.1) is 0 Å². The topological polar surface area (TPSA) is 121 Å². The molecule has 0 saturated carbocycles. The van der Waals surface area contributed by atoms with E-state index in [1.54, 1.807) is 6.20 Å². The first kappa shape index (κ1) is 77.5. The van der Waals surface area contributed by atoms with Crippen molar-refractivity contribution in [3.05, 3.63) is 421 Å². The quantitative estimate of drug-likeness (QED) is 0.118. The van der Waals surface area contributed by atoms with E-state index in [0.717, 1.165) is 159 Å². The van der Waals surface area contributed by atoms with Gasteiger partial charge in [-0.05, 0) is 199 Å². The molecule has 6 aromatic heterocycles. The zero-order valence-corrected chi connectivity index (χ0v) is 72.0. The number of para-hydroxylation sites is 2. The average molecular weight is 1720 g/mol. The number of halogens is 4. The van der Waals surface area contributed by atoms with Gasteiger partial charge >= 0.3 is 0 Å². The van der Waals surface area contributed by atoms with Crippen LogP contribution in [0.2, 0.25) is 21.1 Å². The van der Waals surface area contributed by atoms with Crippen LogP contribution in [0, 0.1) is 0 Å². The molecule has 1 aliphatic carbocycles. The lowest BCUT2D eigenvalue weighted by Crippen LogP contribution is -2.14. The highest BCUT2D eigenvalue weighted by Gasteiger charge is 2.36. The summed E-state index contributed by atoms with van der Waals surface area (Å²) in [6, 6.07) is 133. The lowest BCUT2D eigenvalue weighted by atomic mass is 9.81. The number of fused-ring (bicyclic) bond motifs is 30. The van der Waals surface area contributed by atoms with Crippen LogP contribution in [-0.4, -0.2) is 49.4 Å². The molecule has 10 nitrogen and oxygen atoms in total. The Bertz CT molecular complexity index is 8880. The minimum Gasteiger partial charge on any atom is -0.309 e. The lowest BCUT2D eigenvalue weighted by Gasteiger charge is -2.22. The fourth-order valence-electron chi connectivity index (χ4n) is 19.6. The molecule has 1 aliphatic rings. The van der Waals surface area contributed by atoms with Gasteiger partial charge in [-0.3, -0.25) is 4.98 Å². The second kappa shape index (κ2) is 31.7. The summed E-state index contributed by atoms with van der Waals surface area (Å²) in [5.41, 5.74) is 21.7. The molecule has 128 heavy (non-hydrogen) atoms. The summed E-state index contributed by atoms with van der Waals surface area (Å²) in [5, 5.41) is 25.7. The van der Waals surface area contributed by atoms with Gasteiger partial charge in [-0.1, -0.05) is 341 Å². The molecule has 0 radical (unpaired) electrons. The van der Waals surface area contributed by atoms with Crippen molar-refractivity contribution in [2.24, 2.45) is 0 Å². The lowest BCUT2D eigenvalue weighted by molar-refractivity contribution is 0.660. The van der Waals surface area contributed by atoms with Gasteiger partial charge in [0.25, 0.3) is 0 Å². The van der Waals surface area contributed by atoms with Crippen LogP contribution in [0.25, 0.3) is 225 Å². The summed E-state index contributed by atoms with van der Waals surface area (Å²) < 4.78 is 2.32. The van der Waals surface area contributed by atoms with Crippen LogP contribution in [0.5, 0.6) is 0 Å². The Morgan fingerprint density at radius 3 is 1.01 bits per heavy atom. The van der Waals surface area contributed by atoms with Crippen LogP contribution in [0.4, 0.5) is 0 Å². The Kier molecular flexibility index (Phi) is 19.2. The molecule has 0 aliphatic heterocycles. The molecule has 26 rings (SSSR count). The Morgan fingerprint density at radius 1 is 0.219 bits per heavy atom. The van der Waals surface area contributed by atoms with Gasteiger partial charge in [0.15, 0.2) is 0 Å². The van der Waals surface area contributed by atoms with Crippen LogP contribution in [-0.2, 0) is 5.41 Å². The Labute approximate surface area is 754 Å². The monoisotopic (exact) mass is 1720 g/mol. The van der Waals surface area contributed by atoms with Crippen LogP contribution in [0.15, 0.2) is 388 Å². The SMILES string of the molecule is CC1(C)c2ccccc2-c2ccc(-c3nc(Cl)nc4c5ccccc5c5ccccc5c34)cc21.Clc1nc(-c2ccc3c(c2)c2ccccc2n3-c2ccccc2)c2c3ccccc3c3ccccc3c2n1.Clc1nc(-c2cccc(-c3ccccc3)c2)c2c3ccccc3c3ccccc3c2n1.Clc1nc(-c2ccccn2)c2c3ccccc3c3ccccc3c2n1. The second-order valence-electron chi connectivity index (χ2n) is 32.6. The maximum atomic E-state index is 6.60. The minimum absolute atomic E-state index is 0.0800. The maximum absolute atomic E-state index is 6.60. The van der Waals surface area contributed by atoms with Crippen LogP contribution < -0.4 is 0 Å². The molecule has 0 atom stereocenters.